The number of aryl methyl sites for hydroxylation is 1. The van der Waals surface area contributed by atoms with E-state index in [1.54, 1.807) is 11.3 Å². The number of ether oxygens (including phenoxy) is 1. The first-order chi connectivity index (χ1) is 19.0. The normalized spacial score (nSPS) is 19.0. The van der Waals surface area contributed by atoms with Gasteiger partial charge in [-0.05, 0) is 69.6 Å². The molecule has 2 aromatic carbocycles. The van der Waals surface area contributed by atoms with Gasteiger partial charge in [-0.25, -0.2) is 14.8 Å². The molecule has 0 radical (unpaired) electrons. The van der Waals surface area contributed by atoms with E-state index >= 15 is 0 Å². The van der Waals surface area contributed by atoms with Gasteiger partial charge >= 0.3 is 5.97 Å². The molecule has 2 atom stereocenters. The van der Waals surface area contributed by atoms with E-state index in [1.165, 1.54) is 0 Å². The second-order valence-corrected chi connectivity index (χ2v) is 12.6. The van der Waals surface area contributed by atoms with Gasteiger partial charge in [0.2, 0.25) is 0 Å². The zero-order valence-corrected chi connectivity index (χ0v) is 25.1. The molecule has 0 amide bonds. The van der Waals surface area contributed by atoms with Crippen LogP contribution in [0.3, 0.4) is 0 Å². The summed E-state index contributed by atoms with van der Waals surface area (Å²) in [5, 5.41) is 15.4. The maximum Gasteiger partial charge on any atom is 0.337 e. The number of carbonyl (C=O) groups is 1. The van der Waals surface area contributed by atoms with Gasteiger partial charge in [-0.1, -0.05) is 30.7 Å². The molecule has 212 valence electrons. The molecule has 40 heavy (non-hydrogen) atoms. The van der Waals surface area contributed by atoms with Crippen LogP contribution in [0, 0.1) is 6.92 Å². The second kappa shape index (κ2) is 11.5. The van der Waals surface area contributed by atoms with E-state index in [0.717, 1.165) is 70.6 Å². The number of thiazole rings is 1. The molecular weight excluding hydrogens is 546 g/mol. The van der Waals surface area contributed by atoms with E-state index in [2.05, 4.69) is 27.0 Å². The molecule has 0 spiro atoms. The number of hydrogen-bond acceptors (Lipinski definition) is 8. The van der Waals surface area contributed by atoms with Gasteiger partial charge in [0.1, 0.15) is 11.0 Å². The maximum absolute atomic E-state index is 12.6. The summed E-state index contributed by atoms with van der Waals surface area (Å²) in [5.74, 6) is -0.167. The quantitative estimate of drug-likeness (QED) is 0.368. The van der Waals surface area contributed by atoms with Gasteiger partial charge in [0.15, 0.2) is 12.1 Å². The van der Waals surface area contributed by atoms with Crippen LogP contribution in [0.2, 0.25) is 5.02 Å². The Kier molecular flexibility index (Phi) is 8.20. The fourth-order valence-corrected chi connectivity index (χ4v) is 6.49. The lowest BCUT2D eigenvalue weighted by atomic mass is 9.91. The molecular formula is C30H36ClN5O3S. The third-order valence-corrected chi connectivity index (χ3v) is 8.60. The van der Waals surface area contributed by atoms with Gasteiger partial charge in [-0.3, -0.25) is 0 Å². The van der Waals surface area contributed by atoms with Crippen LogP contribution in [-0.2, 0) is 9.53 Å². The molecule has 0 bridgehead atoms. The molecule has 3 aromatic rings. The summed E-state index contributed by atoms with van der Waals surface area (Å²) in [6, 6.07) is 9.33. The molecule has 2 aliphatic heterocycles. The highest BCUT2D eigenvalue weighted by molar-refractivity contribution is 7.19. The maximum atomic E-state index is 12.6. The van der Waals surface area contributed by atoms with Gasteiger partial charge < -0.3 is 25.0 Å². The highest BCUT2D eigenvalue weighted by Gasteiger charge is 2.33. The van der Waals surface area contributed by atoms with Crippen LogP contribution in [0.4, 0.5) is 0 Å². The van der Waals surface area contributed by atoms with Gasteiger partial charge in [0.25, 0.3) is 0 Å². The van der Waals surface area contributed by atoms with Gasteiger partial charge in [-0.15, -0.1) is 11.3 Å². The van der Waals surface area contributed by atoms with Gasteiger partial charge in [0, 0.05) is 48.5 Å². The average molecular weight is 582 g/mol. The molecule has 1 saturated heterocycles. The van der Waals surface area contributed by atoms with Crippen LogP contribution in [0.25, 0.3) is 21.3 Å². The van der Waals surface area contributed by atoms with Gasteiger partial charge in [0.05, 0.1) is 15.8 Å². The Morgan fingerprint density at radius 3 is 2.55 bits per heavy atom. The number of benzene rings is 2. The molecule has 2 N–H and O–H groups in total. The molecule has 10 heteroatoms. The predicted molar refractivity (Wildman–Crippen MR) is 162 cm³/mol. The zero-order chi connectivity index (χ0) is 28.6. The molecule has 1 aromatic heterocycles. The Morgan fingerprint density at radius 2 is 1.93 bits per heavy atom. The minimum Gasteiger partial charge on any atom is -0.479 e. The number of carboxylic acids is 1. The molecule has 0 saturated carbocycles. The van der Waals surface area contributed by atoms with Crippen molar-refractivity contribution in [3.05, 3.63) is 63.8 Å². The lowest BCUT2D eigenvalue weighted by Crippen LogP contribution is -2.53. The number of nitrogens with one attached hydrogen (secondary N) is 1. The SMILES string of the molecule is CCN1CCN(C2=NC=CC(c3nc4cc(C)c([C@H](OC(C)(C)C)C(=O)O)c(-c5ccc(Cl)cc5)c4s3)N2)CC1. The van der Waals surface area contributed by atoms with Crippen LogP contribution < -0.4 is 5.32 Å². The minimum absolute atomic E-state index is 0.142. The Bertz CT molecular complexity index is 1450. The summed E-state index contributed by atoms with van der Waals surface area (Å²) in [6.45, 7) is 14.7. The van der Waals surface area contributed by atoms with Gasteiger partial charge in [-0.2, -0.15) is 0 Å². The van der Waals surface area contributed by atoms with Crippen molar-refractivity contribution in [1.29, 1.82) is 0 Å². The average Bonchev–Trinajstić information content (AvgIpc) is 3.35. The van der Waals surface area contributed by atoms with E-state index in [-0.39, 0.29) is 6.04 Å². The Morgan fingerprint density at radius 1 is 1.23 bits per heavy atom. The van der Waals surface area contributed by atoms with Crippen molar-refractivity contribution in [2.75, 3.05) is 32.7 Å². The van der Waals surface area contributed by atoms with Crippen molar-refractivity contribution >= 4 is 45.1 Å². The van der Waals surface area contributed by atoms with Crippen molar-refractivity contribution in [3.8, 4) is 11.1 Å². The number of guanidine groups is 1. The van der Waals surface area contributed by atoms with Crippen LogP contribution in [0.15, 0.2) is 47.6 Å². The smallest absolute Gasteiger partial charge is 0.337 e. The van der Waals surface area contributed by atoms with Crippen molar-refractivity contribution in [1.82, 2.24) is 20.1 Å². The number of piperazine rings is 1. The van der Waals surface area contributed by atoms with Crippen LogP contribution in [0.5, 0.6) is 0 Å². The summed E-state index contributed by atoms with van der Waals surface area (Å²) >= 11 is 7.79. The highest BCUT2D eigenvalue weighted by Crippen LogP contribution is 2.43. The lowest BCUT2D eigenvalue weighted by Gasteiger charge is -2.37. The Hall–Kier alpha value is -2.98. The van der Waals surface area contributed by atoms with E-state index in [4.69, 9.17) is 21.3 Å². The largest absolute Gasteiger partial charge is 0.479 e. The Balaban J connectivity index is 1.57. The summed E-state index contributed by atoms with van der Waals surface area (Å²) < 4.78 is 7.05. The minimum atomic E-state index is -1.14. The van der Waals surface area contributed by atoms with Crippen LogP contribution in [-0.4, -0.2) is 70.1 Å². The monoisotopic (exact) mass is 581 g/mol. The number of aliphatic carboxylic acids is 1. The highest BCUT2D eigenvalue weighted by atomic mass is 35.5. The molecule has 3 heterocycles. The first-order valence-electron chi connectivity index (χ1n) is 13.6. The summed E-state index contributed by atoms with van der Waals surface area (Å²) in [5.41, 5.74) is 3.30. The van der Waals surface area contributed by atoms with E-state index in [9.17, 15) is 9.90 Å². The molecule has 8 nitrogen and oxygen atoms in total. The number of fused-ring (bicyclic) bond motifs is 1. The number of aromatic nitrogens is 1. The standard InChI is InChI=1S/C30H36ClN5O3S/c1-6-35-13-15-36(16-14-35)29-32-12-11-21(34-29)27-33-22-17-18(2)23(25(28(37)38)39-30(3,4)5)24(26(22)40-27)19-7-9-20(31)10-8-19/h7-12,17,21,25H,6,13-16H2,1-5H3,(H,32,34)(H,37,38)/t21?,25-/m0/s1. The molecule has 1 unspecified atom stereocenters. The van der Waals surface area contributed by atoms with E-state index in [1.807, 2.05) is 70.3 Å². The van der Waals surface area contributed by atoms with Crippen molar-refractivity contribution < 1.29 is 14.6 Å². The number of carboxylic acid groups (broad SMARTS) is 1. The topological polar surface area (TPSA) is 90.3 Å². The Labute approximate surface area is 244 Å². The zero-order valence-electron chi connectivity index (χ0n) is 23.6. The number of halogens is 1. The number of likely N-dealkylation sites (N-methyl/N-ethyl adjacent to an activating group) is 1. The molecule has 5 rings (SSSR count). The number of aliphatic imine (C=N–C) groups is 1. The van der Waals surface area contributed by atoms with Crippen molar-refractivity contribution in [3.63, 3.8) is 0 Å². The number of hydrogen-bond donors (Lipinski definition) is 2. The van der Waals surface area contributed by atoms with Crippen molar-refractivity contribution in [2.24, 2.45) is 4.99 Å². The summed E-state index contributed by atoms with van der Waals surface area (Å²) in [4.78, 5) is 27.0. The van der Waals surface area contributed by atoms with E-state index < -0.39 is 17.7 Å². The summed E-state index contributed by atoms with van der Waals surface area (Å²) in [7, 11) is 0. The fraction of sp³-hybridized carbons (Fsp3) is 0.433. The third kappa shape index (κ3) is 6.02. The van der Waals surface area contributed by atoms with Crippen molar-refractivity contribution in [2.45, 2.75) is 52.4 Å². The third-order valence-electron chi connectivity index (χ3n) is 7.18. The summed E-state index contributed by atoms with van der Waals surface area (Å²) in [6.07, 6.45) is 2.72. The van der Waals surface area contributed by atoms with E-state index in [0.29, 0.717) is 10.6 Å². The molecule has 2 aliphatic rings. The fourth-order valence-electron chi connectivity index (χ4n) is 5.21. The first kappa shape index (κ1) is 28.5. The second-order valence-electron chi connectivity index (χ2n) is 11.2. The number of nitrogens with zero attached hydrogens (tertiary/aromatic N) is 4. The molecule has 1 fully saturated rings. The molecule has 0 aliphatic carbocycles. The van der Waals surface area contributed by atoms with Crippen LogP contribution in [0.1, 0.15) is 56.0 Å². The van der Waals surface area contributed by atoms with Crippen LogP contribution >= 0.6 is 22.9 Å². The predicted octanol–water partition coefficient (Wildman–Crippen LogP) is 6.02. The lowest BCUT2D eigenvalue weighted by molar-refractivity contribution is -0.160. The number of rotatable bonds is 6. The first-order valence-corrected chi connectivity index (χ1v) is 14.8.